The van der Waals surface area contributed by atoms with Gasteiger partial charge in [0, 0.05) is 12.1 Å². The Kier molecular flexibility index (Phi) is 4.03. The second kappa shape index (κ2) is 4.91. The first-order valence-electron chi connectivity index (χ1n) is 4.80. The number of allylic oxidation sites excluding steroid dienone is 2. The average Bonchev–Trinajstić information content (AvgIpc) is 2.20. The van der Waals surface area contributed by atoms with Crippen LogP contribution in [0.5, 0.6) is 0 Å². The first kappa shape index (κ1) is 13.1. The maximum atomic E-state index is 5.98. The van der Waals surface area contributed by atoms with E-state index in [1.54, 1.807) is 0 Å². The predicted molar refractivity (Wildman–Crippen MR) is 72.6 cm³/mol. The van der Waals surface area contributed by atoms with E-state index in [1.165, 1.54) is 0 Å². The molecule has 0 radical (unpaired) electrons. The molecule has 1 aliphatic rings. The second-order valence-electron chi connectivity index (χ2n) is 3.75. The minimum atomic E-state index is -0.725. The molecule has 4 N–H and O–H groups in total. The molecule has 1 aromatic rings. The summed E-state index contributed by atoms with van der Waals surface area (Å²) in [5.74, 6) is 0. The van der Waals surface area contributed by atoms with Gasteiger partial charge in [-0.1, -0.05) is 35.9 Å². The van der Waals surface area contributed by atoms with E-state index in [4.69, 9.17) is 23.1 Å². The summed E-state index contributed by atoms with van der Waals surface area (Å²) in [6.45, 7) is 0. The summed E-state index contributed by atoms with van der Waals surface area (Å²) in [5.41, 5.74) is 14.4. The lowest BCUT2D eigenvalue weighted by molar-refractivity contribution is 0.745. The fourth-order valence-corrected chi connectivity index (χ4v) is 1.66. The number of hydrogen-bond donors (Lipinski definition) is 2. The summed E-state index contributed by atoms with van der Waals surface area (Å²) >= 11 is 5.98. The van der Waals surface area contributed by atoms with Gasteiger partial charge in [0.15, 0.2) is 0 Å². The van der Waals surface area contributed by atoms with Crippen molar-refractivity contribution in [3.05, 3.63) is 48.1 Å². The Morgan fingerprint density at radius 1 is 1.19 bits per heavy atom. The monoisotopic (exact) mass is 256 g/mol. The largest absolute Gasteiger partial charge is 0.399 e. The zero-order chi connectivity index (χ0) is 10.9. The van der Waals surface area contributed by atoms with Crippen LogP contribution in [-0.4, -0.2) is 5.00 Å². The Morgan fingerprint density at radius 2 is 1.81 bits per heavy atom. The van der Waals surface area contributed by atoms with Crippen molar-refractivity contribution < 1.29 is 0 Å². The van der Waals surface area contributed by atoms with Crippen molar-refractivity contribution >= 4 is 35.3 Å². The third-order valence-electron chi connectivity index (χ3n) is 2.42. The van der Waals surface area contributed by atoms with Crippen molar-refractivity contribution in [1.29, 1.82) is 0 Å². The lowest BCUT2D eigenvalue weighted by Gasteiger charge is -2.20. The van der Waals surface area contributed by atoms with Crippen LogP contribution < -0.4 is 11.5 Å². The van der Waals surface area contributed by atoms with Crippen LogP contribution in [0, 0.1) is 0 Å². The molecule has 0 heterocycles. The highest BCUT2D eigenvalue weighted by molar-refractivity contribution is 6.25. The number of benzene rings is 1. The molecule has 2 rings (SSSR count). The maximum absolute atomic E-state index is 5.98. The van der Waals surface area contributed by atoms with Crippen molar-refractivity contribution in [1.82, 2.24) is 0 Å². The minimum Gasteiger partial charge on any atom is -0.399 e. The van der Waals surface area contributed by atoms with Crippen molar-refractivity contribution in [2.45, 2.75) is 11.4 Å². The molecule has 1 aliphatic carbocycles. The Bertz CT molecular complexity index is 419. The number of halogens is 2. The molecule has 86 valence electrons. The second-order valence-corrected chi connectivity index (χ2v) is 4.45. The Hall–Kier alpha value is -0.960. The van der Waals surface area contributed by atoms with E-state index in [2.05, 4.69) is 0 Å². The minimum absolute atomic E-state index is 0. The summed E-state index contributed by atoms with van der Waals surface area (Å²) < 4.78 is 0. The number of rotatable bonds is 1. The Morgan fingerprint density at radius 3 is 2.31 bits per heavy atom. The molecule has 0 spiro atoms. The first-order chi connectivity index (χ1) is 7.07. The van der Waals surface area contributed by atoms with Crippen molar-refractivity contribution in [3.63, 3.8) is 0 Å². The molecule has 0 fully saturated rings. The van der Waals surface area contributed by atoms with Gasteiger partial charge >= 0.3 is 0 Å². The maximum Gasteiger partial charge on any atom is 0.113 e. The molecule has 1 unspecified atom stereocenters. The molecule has 0 aromatic heterocycles. The topological polar surface area (TPSA) is 52.0 Å². The summed E-state index contributed by atoms with van der Waals surface area (Å²) in [6.07, 6.45) is 6.45. The normalized spacial score (nSPS) is 23.5. The van der Waals surface area contributed by atoms with Gasteiger partial charge in [0.1, 0.15) is 5.00 Å². The molecule has 0 saturated heterocycles. The van der Waals surface area contributed by atoms with E-state index >= 15 is 0 Å². The highest BCUT2D eigenvalue weighted by Gasteiger charge is 2.19. The van der Waals surface area contributed by atoms with Crippen LogP contribution in [0.4, 0.5) is 5.69 Å². The SMILES string of the molecule is Cl.Nc1ccc(C2=CCC(N)(Cl)C=C2)cc1. The molecular weight excluding hydrogens is 243 g/mol. The standard InChI is InChI=1S/C12H13ClN2.ClH/c13-12(15)7-5-10(6-8-12)9-1-3-11(14)4-2-9;/h1-7H,8,14-15H2;1H. The van der Waals surface area contributed by atoms with Crippen LogP contribution in [0.1, 0.15) is 12.0 Å². The molecule has 1 atom stereocenters. The molecule has 0 bridgehead atoms. The highest BCUT2D eigenvalue weighted by Crippen LogP contribution is 2.27. The van der Waals surface area contributed by atoms with Gasteiger partial charge in [0.25, 0.3) is 0 Å². The zero-order valence-electron chi connectivity index (χ0n) is 8.69. The van der Waals surface area contributed by atoms with E-state index in [0.29, 0.717) is 6.42 Å². The lowest BCUT2D eigenvalue weighted by atomic mass is 9.97. The molecular formula is C12H14Cl2N2. The van der Waals surface area contributed by atoms with E-state index < -0.39 is 5.00 Å². The molecule has 4 heteroatoms. The number of anilines is 1. The van der Waals surface area contributed by atoms with Crippen LogP contribution in [0.15, 0.2) is 42.5 Å². The van der Waals surface area contributed by atoms with Gasteiger partial charge in [-0.3, -0.25) is 0 Å². The van der Waals surface area contributed by atoms with Gasteiger partial charge in [-0.25, -0.2) is 0 Å². The van der Waals surface area contributed by atoms with Crippen LogP contribution in [0.2, 0.25) is 0 Å². The number of hydrogen-bond acceptors (Lipinski definition) is 2. The van der Waals surface area contributed by atoms with Crippen LogP contribution in [0.25, 0.3) is 5.57 Å². The quantitative estimate of drug-likeness (QED) is 0.461. The Balaban J connectivity index is 0.00000128. The van der Waals surface area contributed by atoms with Crippen molar-refractivity contribution in [2.24, 2.45) is 5.73 Å². The lowest BCUT2D eigenvalue weighted by Crippen LogP contribution is -2.30. The third-order valence-corrected chi connectivity index (χ3v) is 2.70. The molecule has 0 aliphatic heterocycles. The van der Waals surface area contributed by atoms with Crippen molar-refractivity contribution in [3.8, 4) is 0 Å². The molecule has 0 amide bonds. The third kappa shape index (κ3) is 3.01. The van der Waals surface area contributed by atoms with Gasteiger partial charge < -0.3 is 11.5 Å². The summed E-state index contributed by atoms with van der Waals surface area (Å²) in [5, 5.41) is 0. The molecule has 2 nitrogen and oxygen atoms in total. The Labute approximate surface area is 106 Å². The predicted octanol–water partition coefficient (Wildman–Crippen LogP) is 2.93. The van der Waals surface area contributed by atoms with E-state index in [0.717, 1.165) is 16.8 Å². The van der Waals surface area contributed by atoms with Gasteiger partial charge in [0.05, 0.1) is 0 Å². The summed E-state index contributed by atoms with van der Waals surface area (Å²) in [7, 11) is 0. The zero-order valence-corrected chi connectivity index (χ0v) is 10.3. The molecule has 0 saturated carbocycles. The summed E-state index contributed by atoms with van der Waals surface area (Å²) in [4.78, 5) is -0.725. The molecule has 1 aromatic carbocycles. The number of nitrogens with two attached hydrogens (primary N) is 2. The summed E-state index contributed by atoms with van der Waals surface area (Å²) in [6, 6.07) is 7.75. The van der Waals surface area contributed by atoms with Crippen LogP contribution >= 0.6 is 24.0 Å². The number of nitrogen functional groups attached to an aromatic ring is 1. The van der Waals surface area contributed by atoms with Crippen LogP contribution in [0.3, 0.4) is 0 Å². The van der Waals surface area contributed by atoms with E-state index in [-0.39, 0.29) is 12.4 Å². The van der Waals surface area contributed by atoms with Gasteiger partial charge in [0.2, 0.25) is 0 Å². The number of alkyl halides is 1. The fraction of sp³-hybridized carbons (Fsp3) is 0.167. The van der Waals surface area contributed by atoms with Gasteiger partial charge in [-0.2, -0.15) is 0 Å². The average molecular weight is 257 g/mol. The van der Waals surface area contributed by atoms with E-state index in [1.807, 2.05) is 42.5 Å². The van der Waals surface area contributed by atoms with Gasteiger partial charge in [-0.15, -0.1) is 12.4 Å². The van der Waals surface area contributed by atoms with Crippen LogP contribution in [-0.2, 0) is 0 Å². The van der Waals surface area contributed by atoms with Crippen molar-refractivity contribution in [2.75, 3.05) is 5.73 Å². The first-order valence-corrected chi connectivity index (χ1v) is 5.18. The van der Waals surface area contributed by atoms with E-state index in [9.17, 15) is 0 Å². The fourth-order valence-electron chi connectivity index (χ4n) is 1.52. The smallest absolute Gasteiger partial charge is 0.113 e. The van der Waals surface area contributed by atoms with Gasteiger partial charge in [-0.05, 0) is 29.3 Å². The molecule has 16 heavy (non-hydrogen) atoms. The highest BCUT2D eigenvalue weighted by atomic mass is 35.5.